The summed E-state index contributed by atoms with van der Waals surface area (Å²) in [5.41, 5.74) is 1.20. The molecule has 1 saturated heterocycles. The van der Waals surface area contributed by atoms with Crippen LogP contribution >= 0.6 is 11.8 Å². The lowest BCUT2D eigenvalue weighted by Gasteiger charge is -2.31. The summed E-state index contributed by atoms with van der Waals surface area (Å²) in [4.78, 5) is 42.4. The smallest absolute Gasteiger partial charge is 0.326 e. The van der Waals surface area contributed by atoms with Crippen LogP contribution in [0.2, 0.25) is 0 Å². The van der Waals surface area contributed by atoms with Crippen LogP contribution < -0.4 is 21.3 Å². The number of nitrogens with zero attached hydrogens (tertiary/aromatic N) is 2. The molecule has 1 unspecified atom stereocenters. The molecular weight excluding hydrogens is 592 g/mol. The number of hydrogen-bond donors (Lipinski definition) is 5. The van der Waals surface area contributed by atoms with Gasteiger partial charge in [-0.1, -0.05) is 30.3 Å². The Morgan fingerprint density at radius 3 is 2.47 bits per heavy atom. The molecule has 1 fully saturated rings. The summed E-state index contributed by atoms with van der Waals surface area (Å²) in [6.07, 6.45) is 0.921. The van der Waals surface area contributed by atoms with Crippen molar-refractivity contribution in [2.45, 2.75) is 67.1 Å². The third-order valence-electron chi connectivity index (χ3n) is 7.15. The molecule has 0 aliphatic carbocycles. The summed E-state index contributed by atoms with van der Waals surface area (Å²) in [6.45, 7) is 7.45. The number of hydrogen-bond acceptors (Lipinski definition) is 9. The van der Waals surface area contributed by atoms with Gasteiger partial charge < -0.3 is 26.4 Å². The van der Waals surface area contributed by atoms with E-state index in [9.17, 15) is 27.9 Å². The Bertz CT molecular complexity index is 1450. The first-order chi connectivity index (χ1) is 20.4. The second-order valence-electron chi connectivity index (χ2n) is 10.9. The van der Waals surface area contributed by atoms with E-state index in [-0.39, 0.29) is 17.2 Å². The number of aliphatic imine (C=N–C) groups is 1. The molecule has 232 valence electrons. The minimum absolute atomic E-state index is 0.0276. The van der Waals surface area contributed by atoms with Gasteiger partial charge in [-0.3, -0.25) is 14.6 Å². The zero-order chi connectivity index (χ0) is 31.2. The Morgan fingerprint density at radius 2 is 1.84 bits per heavy atom. The number of carboxylic acid groups (broad SMARTS) is 1. The fourth-order valence-electron chi connectivity index (χ4n) is 5.16. The quantitative estimate of drug-likeness (QED) is 0.220. The van der Waals surface area contributed by atoms with E-state index >= 15 is 0 Å². The van der Waals surface area contributed by atoms with Crippen molar-refractivity contribution in [2.75, 3.05) is 25.0 Å². The van der Waals surface area contributed by atoms with Crippen LogP contribution in [0.25, 0.3) is 0 Å². The maximum atomic E-state index is 13.6. The Balaban J connectivity index is 1.37. The van der Waals surface area contributed by atoms with Gasteiger partial charge >= 0.3 is 5.97 Å². The normalized spacial score (nSPS) is 20.5. The van der Waals surface area contributed by atoms with Crippen molar-refractivity contribution in [1.82, 2.24) is 20.3 Å². The lowest BCUT2D eigenvalue weighted by Crippen LogP contribution is -2.57. The summed E-state index contributed by atoms with van der Waals surface area (Å²) in [5, 5.41) is 21.0. The van der Waals surface area contributed by atoms with Crippen LogP contribution in [0.4, 0.5) is 5.69 Å². The summed E-state index contributed by atoms with van der Waals surface area (Å²) < 4.78 is 27.5. The molecule has 2 heterocycles. The van der Waals surface area contributed by atoms with E-state index < -0.39 is 44.1 Å². The number of anilines is 1. The van der Waals surface area contributed by atoms with Crippen molar-refractivity contribution < 1.29 is 27.9 Å². The Hall–Kier alpha value is -3.62. The molecule has 2 aromatic carbocycles. The molecule has 0 aromatic heterocycles. The van der Waals surface area contributed by atoms with E-state index in [1.165, 1.54) is 28.2 Å². The van der Waals surface area contributed by atoms with Gasteiger partial charge in [0.25, 0.3) is 0 Å². The topological polar surface area (TPSA) is 169 Å². The van der Waals surface area contributed by atoms with Crippen molar-refractivity contribution in [3.8, 4) is 0 Å². The average molecular weight is 631 g/mol. The molecule has 14 heteroatoms. The molecule has 2 aliphatic rings. The predicted molar refractivity (Wildman–Crippen MR) is 166 cm³/mol. The van der Waals surface area contributed by atoms with Crippen molar-refractivity contribution in [2.24, 2.45) is 4.99 Å². The highest BCUT2D eigenvalue weighted by molar-refractivity contribution is 8.02. The van der Waals surface area contributed by atoms with Crippen LogP contribution in [0, 0.1) is 0 Å². The summed E-state index contributed by atoms with van der Waals surface area (Å²) in [7, 11) is -4.04. The summed E-state index contributed by atoms with van der Waals surface area (Å²) in [5.74, 6) is -1.32. The number of carbonyl (C=O) groups excluding carboxylic acids is 2. The molecular formula is C29H38N6O6S2. The SMILES string of the molecule is CC1SC(C)(C)[C@@H](C(=O)N[C@@H](Cc2ccc(NC(=O)CCCNC3=NCCN3)cc2)C(=O)O)N1S(=O)(=O)c1ccccc1. The largest absolute Gasteiger partial charge is 0.480 e. The predicted octanol–water partition coefficient (Wildman–Crippen LogP) is 2.00. The van der Waals surface area contributed by atoms with Crippen molar-refractivity contribution in [3.05, 3.63) is 60.2 Å². The lowest BCUT2D eigenvalue weighted by molar-refractivity contribution is -0.142. The van der Waals surface area contributed by atoms with Crippen LogP contribution in [-0.2, 0) is 30.8 Å². The molecule has 2 amide bonds. The standard InChI is InChI=1S/C29H38N6O6S2/c1-19-35(43(40,41)22-8-5-4-6-9-22)25(29(2,3)42-19)26(37)34-23(27(38)39)18-20-11-13-21(14-12-20)33-24(36)10-7-15-30-28-31-16-17-32-28/h4-6,8-9,11-14,19,23,25H,7,10,15-18H2,1-3H3,(H,33,36)(H,34,37)(H,38,39)(H2,30,31,32)/t19?,23-,25+/m0/s1. The number of nitrogens with one attached hydrogen (secondary N) is 4. The second-order valence-corrected chi connectivity index (χ2v) is 14.7. The summed E-state index contributed by atoms with van der Waals surface area (Å²) in [6, 6.07) is 12.2. The van der Waals surface area contributed by atoms with Gasteiger partial charge in [-0.15, -0.1) is 11.8 Å². The molecule has 3 atom stereocenters. The number of thioether (sulfide) groups is 1. The fraction of sp³-hybridized carbons (Fsp3) is 0.448. The third kappa shape index (κ3) is 8.06. The molecule has 2 aromatic rings. The average Bonchev–Trinajstić information content (AvgIpc) is 3.56. The van der Waals surface area contributed by atoms with E-state index in [0.29, 0.717) is 30.6 Å². The Morgan fingerprint density at radius 1 is 1.14 bits per heavy atom. The number of benzene rings is 2. The zero-order valence-electron chi connectivity index (χ0n) is 24.4. The number of guanidine groups is 1. The van der Waals surface area contributed by atoms with E-state index in [4.69, 9.17) is 0 Å². The minimum atomic E-state index is -4.04. The Kier molecular flexibility index (Phi) is 10.4. The van der Waals surface area contributed by atoms with E-state index in [0.717, 1.165) is 19.0 Å². The van der Waals surface area contributed by atoms with Crippen LogP contribution in [0.3, 0.4) is 0 Å². The first-order valence-electron chi connectivity index (χ1n) is 14.1. The molecule has 4 rings (SSSR count). The molecule has 2 aliphatic heterocycles. The van der Waals surface area contributed by atoms with Gasteiger partial charge in [0, 0.05) is 36.4 Å². The van der Waals surface area contributed by atoms with Crippen LogP contribution in [0.15, 0.2) is 64.5 Å². The number of carbonyl (C=O) groups is 3. The maximum Gasteiger partial charge on any atom is 0.326 e. The fourth-order valence-corrected chi connectivity index (χ4v) is 8.92. The van der Waals surface area contributed by atoms with Gasteiger partial charge in [-0.25, -0.2) is 13.2 Å². The number of rotatable bonds is 12. The van der Waals surface area contributed by atoms with Gasteiger partial charge in [-0.05, 0) is 57.0 Å². The third-order valence-corrected chi connectivity index (χ3v) is 10.6. The number of amides is 2. The van der Waals surface area contributed by atoms with Gasteiger partial charge in [-0.2, -0.15) is 4.31 Å². The highest BCUT2D eigenvalue weighted by Crippen LogP contribution is 2.46. The first kappa shape index (κ1) is 32.3. The van der Waals surface area contributed by atoms with E-state index in [1.807, 2.05) is 0 Å². The van der Waals surface area contributed by atoms with Gasteiger partial charge in [0.05, 0.1) is 16.8 Å². The molecule has 0 radical (unpaired) electrons. The molecule has 0 spiro atoms. The minimum Gasteiger partial charge on any atom is -0.480 e. The lowest BCUT2D eigenvalue weighted by atomic mass is 10.0. The molecule has 5 N–H and O–H groups in total. The van der Waals surface area contributed by atoms with Gasteiger partial charge in [0.15, 0.2) is 5.96 Å². The van der Waals surface area contributed by atoms with Gasteiger partial charge in [0.2, 0.25) is 21.8 Å². The molecule has 0 saturated carbocycles. The van der Waals surface area contributed by atoms with E-state index in [2.05, 4.69) is 26.3 Å². The molecule has 43 heavy (non-hydrogen) atoms. The monoisotopic (exact) mass is 630 g/mol. The molecule has 0 bridgehead atoms. The van der Waals surface area contributed by atoms with Crippen LogP contribution in [0.1, 0.15) is 39.2 Å². The van der Waals surface area contributed by atoms with Gasteiger partial charge in [0.1, 0.15) is 12.1 Å². The number of sulfonamides is 1. The van der Waals surface area contributed by atoms with Crippen molar-refractivity contribution in [3.63, 3.8) is 0 Å². The highest BCUT2D eigenvalue weighted by Gasteiger charge is 2.55. The van der Waals surface area contributed by atoms with Crippen molar-refractivity contribution in [1.29, 1.82) is 0 Å². The number of carboxylic acids is 1. The second kappa shape index (κ2) is 13.8. The maximum absolute atomic E-state index is 13.6. The Labute approximate surface area is 256 Å². The molecule has 12 nitrogen and oxygen atoms in total. The van der Waals surface area contributed by atoms with Crippen molar-refractivity contribution >= 4 is 51.2 Å². The van der Waals surface area contributed by atoms with Crippen LogP contribution in [0.5, 0.6) is 0 Å². The zero-order valence-corrected chi connectivity index (χ0v) is 26.0. The van der Waals surface area contributed by atoms with Crippen LogP contribution in [-0.4, -0.2) is 83.4 Å². The number of aliphatic carboxylic acids is 1. The summed E-state index contributed by atoms with van der Waals surface area (Å²) >= 11 is 1.34. The first-order valence-corrected chi connectivity index (χ1v) is 16.4. The van der Waals surface area contributed by atoms with E-state index in [1.54, 1.807) is 63.2 Å². The highest BCUT2D eigenvalue weighted by atomic mass is 32.2.